The topological polar surface area (TPSA) is 55.8 Å². The summed E-state index contributed by atoms with van der Waals surface area (Å²) in [5.74, 6) is 0.0660. The Labute approximate surface area is 130 Å². The van der Waals surface area contributed by atoms with E-state index in [1.54, 1.807) is 6.07 Å². The van der Waals surface area contributed by atoms with Gasteiger partial charge in [-0.25, -0.2) is 4.79 Å². The molecule has 0 amide bonds. The van der Waals surface area contributed by atoms with Gasteiger partial charge in [0.2, 0.25) is 0 Å². The number of carboxylic acids is 1. The van der Waals surface area contributed by atoms with E-state index in [2.05, 4.69) is 0 Å². The summed E-state index contributed by atoms with van der Waals surface area (Å²) in [7, 11) is 1.49. The van der Waals surface area contributed by atoms with E-state index in [9.17, 15) is 9.90 Å². The minimum atomic E-state index is -0.996. The highest BCUT2D eigenvalue weighted by Crippen LogP contribution is 2.34. The second-order valence-electron chi connectivity index (χ2n) is 4.95. The second-order valence-corrected chi connectivity index (χ2v) is 4.95. The number of benzene rings is 2. The summed E-state index contributed by atoms with van der Waals surface area (Å²) < 4.78 is 11.2. The van der Waals surface area contributed by atoms with Gasteiger partial charge in [0.15, 0.2) is 0 Å². The average molecular weight is 300 g/mol. The van der Waals surface area contributed by atoms with E-state index in [1.165, 1.54) is 13.2 Å². The zero-order chi connectivity index (χ0) is 15.9. The lowest BCUT2D eigenvalue weighted by Crippen LogP contribution is -2.06. The Morgan fingerprint density at radius 1 is 1.14 bits per heavy atom. The van der Waals surface area contributed by atoms with Crippen molar-refractivity contribution >= 4 is 5.97 Å². The number of rotatable bonds is 7. The number of methoxy groups -OCH3 is 1. The van der Waals surface area contributed by atoms with Crippen molar-refractivity contribution in [3.63, 3.8) is 0 Å². The molecule has 0 aliphatic rings. The van der Waals surface area contributed by atoms with E-state index in [0.29, 0.717) is 24.5 Å². The summed E-state index contributed by atoms with van der Waals surface area (Å²) in [5, 5.41) is 9.27. The highest BCUT2D eigenvalue weighted by molar-refractivity contribution is 5.92. The van der Waals surface area contributed by atoms with Crippen LogP contribution in [0.1, 0.15) is 34.8 Å². The Morgan fingerprint density at radius 3 is 2.45 bits per heavy atom. The second kappa shape index (κ2) is 7.50. The molecule has 2 aromatic carbocycles. The lowest BCUT2D eigenvalue weighted by molar-refractivity contribution is 0.0693. The zero-order valence-electron chi connectivity index (χ0n) is 12.8. The highest BCUT2D eigenvalue weighted by Gasteiger charge is 2.19. The van der Waals surface area contributed by atoms with Crippen LogP contribution in [-0.2, 0) is 13.0 Å². The molecule has 0 saturated heterocycles. The summed E-state index contributed by atoms with van der Waals surface area (Å²) in [6, 6.07) is 13.1. The zero-order valence-corrected chi connectivity index (χ0v) is 12.8. The van der Waals surface area contributed by atoms with Crippen LogP contribution in [-0.4, -0.2) is 18.2 Å². The average Bonchev–Trinajstić information content (AvgIpc) is 2.54. The van der Waals surface area contributed by atoms with Crippen LogP contribution in [0.5, 0.6) is 11.5 Å². The van der Waals surface area contributed by atoms with Crippen LogP contribution in [0.25, 0.3) is 0 Å². The normalized spacial score (nSPS) is 10.3. The van der Waals surface area contributed by atoms with Crippen molar-refractivity contribution in [1.82, 2.24) is 0 Å². The lowest BCUT2D eigenvalue weighted by atomic mass is 10.0. The third-order valence-electron chi connectivity index (χ3n) is 3.39. The molecule has 0 fully saturated rings. The van der Waals surface area contributed by atoms with Crippen LogP contribution in [0.15, 0.2) is 42.5 Å². The predicted molar refractivity (Wildman–Crippen MR) is 84.7 cm³/mol. The number of carbonyl (C=O) groups is 1. The van der Waals surface area contributed by atoms with Gasteiger partial charge in [0.25, 0.3) is 0 Å². The van der Waals surface area contributed by atoms with Crippen LogP contribution in [0.3, 0.4) is 0 Å². The van der Waals surface area contributed by atoms with Gasteiger partial charge in [-0.05, 0) is 24.1 Å². The molecule has 0 spiro atoms. The minimum Gasteiger partial charge on any atom is -0.495 e. The summed E-state index contributed by atoms with van der Waals surface area (Å²) in [6.45, 7) is 2.47. The Hall–Kier alpha value is -2.49. The first-order valence-electron chi connectivity index (χ1n) is 7.27. The Balaban J connectivity index is 2.32. The fraction of sp³-hybridized carbons (Fsp3) is 0.278. The number of hydrogen-bond acceptors (Lipinski definition) is 3. The van der Waals surface area contributed by atoms with Gasteiger partial charge >= 0.3 is 5.97 Å². The molecule has 4 nitrogen and oxygen atoms in total. The van der Waals surface area contributed by atoms with Gasteiger partial charge in [0, 0.05) is 5.56 Å². The first kappa shape index (κ1) is 15.9. The third kappa shape index (κ3) is 3.58. The van der Waals surface area contributed by atoms with Gasteiger partial charge in [-0.15, -0.1) is 0 Å². The predicted octanol–water partition coefficient (Wildman–Crippen LogP) is 3.92. The third-order valence-corrected chi connectivity index (χ3v) is 3.39. The van der Waals surface area contributed by atoms with Crippen LogP contribution in [0.2, 0.25) is 0 Å². The van der Waals surface area contributed by atoms with E-state index in [1.807, 2.05) is 37.3 Å². The van der Waals surface area contributed by atoms with Crippen LogP contribution in [0, 0.1) is 0 Å². The molecule has 2 rings (SSSR count). The molecule has 4 heteroatoms. The molecule has 0 heterocycles. The molecule has 116 valence electrons. The molecule has 2 aromatic rings. The maximum Gasteiger partial charge on any atom is 0.339 e. The van der Waals surface area contributed by atoms with E-state index >= 15 is 0 Å². The van der Waals surface area contributed by atoms with E-state index in [-0.39, 0.29) is 5.56 Å². The molecule has 0 unspecified atom stereocenters. The first-order valence-corrected chi connectivity index (χ1v) is 7.27. The Kier molecular flexibility index (Phi) is 5.42. The van der Waals surface area contributed by atoms with Gasteiger partial charge < -0.3 is 14.6 Å². The van der Waals surface area contributed by atoms with Gasteiger partial charge in [-0.3, -0.25) is 0 Å². The maximum absolute atomic E-state index is 11.3. The van der Waals surface area contributed by atoms with Crippen molar-refractivity contribution in [3.8, 4) is 11.5 Å². The van der Waals surface area contributed by atoms with E-state index in [4.69, 9.17) is 9.47 Å². The highest BCUT2D eigenvalue weighted by atomic mass is 16.5. The molecule has 0 aromatic heterocycles. The first-order chi connectivity index (χ1) is 10.7. The summed E-state index contributed by atoms with van der Waals surface area (Å²) in [6.07, 6.45) is 1.58. The number of ether oxygens (including phenoxy) is 2. The van der Waals surface area contributed by atoms with Crippen molar-refractivity contribution in [2.45, 2.75) is 26.4 Å². The summed E-state index contributed by atoms with van der Waals surface area (Å²) in [4.78, 5) is 11.3. The van der Waals surface area contributed by atoms with Crippen molar-refractivity contribution in [1.29, 1.82) is 0 Å². The maximum atomic E-state index is 11.3. The van der Waals surface area contributed by atoms with Crippen molar-refractivity contribution in [3.05, 3.63) is 59.2 Å². The van der Waals surface area contributed by atoms with E-state index < -0.39 is 5.97 Å². The SMILES string of the molecule is CCCc1c(OCc2ccccc2)ccc(C(=O)O)c1OC. The Morgan fingerprint density at radius 2 is 1.86 bits per heavy atom. The molecule has 0 saturated carbocycles. The molecule has 0 aliphatic carbocycles. The number of carboxylic acid groups (broad SMARTS) is 1. The fourth-order valence-electron chi connectivity index (χ4n) is 2.37. The lowest BCUT2D eigenvalue weighted by Gasteiger charge is -2.16. The van der Waals surface area contributed by atoms with Crippen molar-refractivity contribution in [2.75, 3.05) is 7.11 Å². The quantitative estimate of drug-likeness (QED) is 0.842. The van der Waals surface area contributed by atoms with Crippen LogP contribution >= 0.6 is 0 Å². The summed E-state index contributed by atoms with van der Waals surface area (Å²) in [5.41, 5.74) is 2.03. The molecule has 0 bridgehead atoms. The monoisotopic (exact) mass is 300 g/mol. The Bertz CT molecular complexity index is 635. The van der Waals surface area contributed by atoms with Crippen LogP contribution < -0.4 is 9.47 Å². The van der Waals surface area contributed by atoms with Gasteiger partial charge in [-0.2, -0.15) is 0 Å². The standard InChI is InChI=1S/C18H20O4/c1-3-7-14-16(22-12-13-8-5-4-6-9-13)11-10-15(18(19)20)17(14)21-2/h4-6,8-11H,3,7,12H2,1-2H3,(H,19,20). The van der Waals surface area contributed by atoms with Gasteiger partial charge in [-0.1, -0.05) is 43.7 Å². The fourth-order valence-corrected chi connectivity index (χ4v) is 2.37. The molecular weight excluding hydrogens is 280 g/mol. The van der Waals surface area contributed by atoms with E-state index in [0.717, 1.165) is 17.5 Å². The molecule has 0 atom stereocenters. The number of hydrogen-bond donors (Lipinski definition) is 1. The van der Waals surface area contributed by atoms with Crippen LogP contribution in [0.4, 0.5) is 0 Å². The van der Waals surface area contributed by atoms with Crippen molar-refractivity contribution < 1.29 is 19.4 Å². The molecule has 1 N–H and O–H groups in total. The van der Waals surface area contributed by atoms with Gasteiger partial charge in [0.05, 0.1) is 7.11 Å². The molecule has 0 radical (unpaired) electrons. The summed E-state index contributed by atoms with van der Waals surface area (Å²) >= 11 is 0. The molecular formula is C18H20O4. The smallest absolute Gasteiger partial charge is 0.339 e. The van der Waals surface area contributed by atoms with Gasteiger partial charge in [0.1, 0.15) is 23.7 Å². The number of aromatic carboxylic acids is 1. The largest absolute Gasteiger partial charge is 0.495 e. The minimum absolute atomic E-state index is 0.165. The van der Waals surface area contributed by atoms with Crippen molar-refractivity contribution in [2.24, 2.45) is 0 Å². The molecule has 22 heavy (non-hydrogen) atoms. The molecule has 0 aliphatic heterocycles.